The SMILES string of the molecule is N#Cc1ccsc1NC(=O)CSc1nnnn1Cc1ccco1. The van der Waals surface area contributed by atoms with Crippen molar-refractivity contribution in [2.24, 2.45) is 0 Å². The first kappa shape index (κ1) is 15.3. The molecule has 23 heavy (non-hydrogen) atoms. The van der Waals surface area contributed by atoms with Crippen LogP contribution in [0.2, 0.25) is 0 Å². The number of nitriles is 1. The number of carbonyl (C=O) groups excluding carboxylic acids is 1. The highest BCUT2D eigenvalue weighted by molar-refractivity contribution is 7.99. The van der Waals surface area contributed by atoms with Crippen molar-refractivity contribution in [3.05, 3.63) is 41.2 Å². The molecule has 0 aliphatic carbocycles. The van der Waals surface area contributed by atoms with E-state index in [9.17, 15) is 4.79 Å². The maximum Gasteiger partial charge on any atom is 0.235 e. The fourth-order valence-electron chi connectivity index (χ4n) is 1.74. The van der Waals surface area contributed by atoms with E-state index in [4.69, 9.17) is 9.68 Å². The Hall–Kier alpha value is -2.64. The minimum Gasteiger partial charge on any atom is -0.467 e. The van der Waals surface area contributed by atoms with Gasteiger partial charge in [0, 0.05) is 0 Å². The number of rotatable bonds is 6. The lowest BCUT2D eigenvalue weighted by Gasteiger charge is -2.04. The Labute approximate surface area is 139 Å². The van der Waals surface area contributed by atoms with Gasteiger partial charge in [0.2, 0.25) is 11.1 Å². The molecule has 1 N–H and O–H groups in total. The van der Waals surface area contributed by atoms with E-state index in [1.807, 2.05) is 12.1 Å². The number of nitrogens with zero attached hydrogens (tertiary/aromatic N) is 5. The zero-order chi connectivity index (χ0) is 16.1. The van der Waals surface area contributed by atoms with Crippen LogP contribution in [0.15, 0.2) is 39.4 Å². The standard InChI is InChI=1S/C13H10N6O2S2/c14-6-9-3-5-22-12(9)15-11(20)8-23-13-16-17-18-19(13)7-10-2-1-4-21-10/h1-5H,7-8H2,(H,15,20). The molecular weight excluding hydrogens is 336 g/mol. The van der Waals surface area contributed by atoms with Gasteiger partial charge in [-0.25, -0.2) is 4.68 Å². The molecular formula is C13H10N6O2S2. The number of hydrogen-bond donors (Lipinski definition) is 1. The quantitative estimate of drug-likeness (QED) is 0.679. The van der Waals surface area contributed by atoms with Gasteiger partial charge in [-0.15, -0.1) is 16.4 Å². The predicted molar refractivity (Wildman–Crippen MR) is 84.0 cm³/mol. The molecule has 3 aromatic rings. The molecule has 0 fully saturated rings. The van der Waals surface area contributed by atoms with E-state index in [1.165, 1.54) is 23.1 Å². The van der Waals surface area contributed by atoms with Gasteiger partial charge < -0.3 is 9.73 Å². The van der Waals surface area contributed by atoms with Crippen LogP contribution in [0.3, 0.4) is 0 Å². The van der Waals surface area contributed by atoms with Crippen molar-refractivity contribution in [2.45, 2.75) is 11.7 Å². The molecule has 0 spiro atoms. The molecule has 0 unspecified atom stereocenters. The summed E-state index contributed by atoms with van der Waals surface area (Å²) in [5, 5.41) is 25.8. The molecule has 0 atom stereocenters. The van der Waals surface area contributed by atoms with Crippen LogP contribution in [0.25, 0.3) is 0 Å². The van der Waals surface area contributed by atoms with Crippen LogP contribution >= 0.6 is 23.1 Å². The maximum atomic E-state index is 12.0. The summed E-state index contributed by atoms with van der Waals surface area (Å²) in [5.41, 5.74) is 0.455. The summed E-state index contributed by atoms with van der Waals surface area (Å²) in [6, 6.07) is 7.30. The summed E-state index contributed by atoms with van der Waals surface area (Å²) >= 11 is 2.52. The van der Waals surface area contributed by atoms with Gasteiger partial charge in [-0.2, -0.15) is 5.26 Å². The molecule has 0 aliphatic heterocycles. The zero-order valence-electron chi connectivity index (χ0n) is 11.7. The molecule has 0 saturated heterocycles. The molecule has 3 aromatic heterocycles. The van der Waals surface area contributed by atoms with Crippen LogP contribution in [0.5, 0.6) is 0 Å². The van der Waals surface area contributed by atoms with Crippen LogP contribution < -0.4 is 5.32 Å². The minimum atomic E-state index is -0.221. The third-order valence-electron chi connectivity index (χ3n) is 2.76. The molecule has 116 valence electrons. The lowest BCUT2D eigenvalue weighted by atomic mass is 10.3. The lowest BCUT2D eigenvalue weighted by molar-refractivity contribution is -0.113. The second kappa shape index (κ2) is 7.08. The summed E-state index contributed by atoms with van der Waals surface area (Å²) in [6.07, 6.45) is 1.58. The van der Waals surface area contributed by atoms with E-state index in [2.05, 4.69) is 20.8 Å². The van der Waals surface area contributed by atoms with E-state index in [1.54, 1.807) is 28.5 Å². The zero-order valence-corrected chi connectivity index (χ0v) is 13.3. The Balaban J connectivity index is 1.57. The van der Waals surface area contributed by atoms with Gasteiger partial charge in [0.25, 0.3) is 0 Å². The van der Waals surface area contributed by atoms with Crippen molar-refractivity contribution in [3.63, 3.8) is 0 Å². The van der Waals surface area contributed by atoms with Crippen molar-refractivity contribution in [3.8, 4) is 6.07 Å². The average molecular weight is 346 g/mol. The number of carbonyl (C=O) groups is 1. The Kier molecular flexibility index (Phi) is 4.70. The number of furan rings is 1. The number of thioether (sulfide) groups is 1. The largest absolute Gasteiger partial charge is 0.467 e. The summed E-state index contributed by atoms with van der Waals surface area (Å²) in [7, 11) is 0. The van der Waals surface area contributed by atoms with Crippen LogP contribution in [-0.2, 0) is 11.3 Å². The van der Waals surface area contributed by atoms with Gasteiger partial charge in [-0.3, -0.25) is 4.79 Å². The number of amides is 1. The molecule has 0 bridgehead atoms. The molecule has 10 heteroatoms. The maximum absolute atomic E-state index is 12.0. The first-order chi connectivity index (χ1) is 11.3. The Bertz CT molecular complexity index is 833. The number of hydrogen-bond acceptors (Lipinski definition) is 8. The number of aromatic nitrogens is 4. The molecule has 3 heterocycles. The van der Waals surface area contributed by atoms with Crippen molar-refractivity contribution in [2.75, 3.05) is 11.1 Å². The lowest BCUT2D eigenvalue weighted by Crippen LogP contribution is -2.14. The smallest absolute Gasteiger partial charge is 0.235 e. The first-order valence-corrected chi connectivity index (χ1v) is 8.31. The minimum absolute atomic E-state index is 0.140. The van der Waals surface area contributed by atoms with E-state index in [0.717, 1.165) is 5.76 Å². The van der Waals surface area contributed by atoms with Gasteiger partial charge in [0.1, 0.15) is 23.4 Å². The number of thiophene rings is 1. The fraction of sp³-hybridized carbons (Fsp3) is 0.154. The molecule has 0 saturated carbocycles. The number of nitrogens with one attached hydrogen (secondary N) is 1. The first-order valence-electron chi connectivity index (χ1n) is 6.45. The van der Waals surface area contributed by atoms with E-state index < -0.39 is 0 Å². The van der Waals surface area contributed by atoms with Crippen molar-refractivity contribution >= 4 is 34.0 Å². The molecule has 0 aliphatic rings. The van der Waals surface area contributed by atoms with Crippen LogP contribution in [-0.4, -0.2) is 31.9 Å². The molecule has 1 amide bonds. The highest BCUT2D eigenvalue weighted by Crippen LogP contribution is 2.23. The highest BCUT2D eigenvalue weighted by atomic mass is 32.2. The predicted octanol–water partition coefficient (Wildman–Crippen LogP) is 1.98. The summed E-state index contributed by atoms with van der Waals surface area (Å²) < 4.78 is 6.81. The van der Waals surface area contributed by atoms with Gasteiger partial charge in [0.15, 0.2) is 0 Å². The Morgan fingerprint density at radius 3 is 3.22 bits per heavy atom. The van der Waals surface area contributed by atoms with Crippen LogP contribution in [0.1, 0.15) is 11.3 Å². The summed E-state index contributed by atoms with van der Waals surface area (Å²) in [6.45, 7) is 0.396. The van der Waals surface area contributed by atoms with E-state index in [0.29, 0.717) is 22.3 Å². The van der Waals surface area contributed by atoms with Crippen LogP contribution in [0, 0.1) is 11.3 Å². The Morgan fingerprint density at radius 2 is 2.43 bits per heavy atom. The van der Waals surface area contributed by atoms with Crippen molar-refractivity contribution in [1.29, 1.82) is 5.26 Å². The number of anilines is 1. The summed E-state index contributed by atoms with van der Waals surface area (Å²) in [4.78, 5) is 12.0. The average Bonchev–Trinajstić information content (AvgIpc) is 3.28. The Morgan fingerprint density at radius 1 is 1.52 bits per heavy atom. The van der Waals surface area contributed by atoms with Crippen LogP contribution in [0.4, 0.5) is 5.00 Å². The molecule has 0 aromatic carbocycles. The topological polar surface area (TPSA) is 110 Å². The molecule has 3 rings (SSSR count). The summed E-state index contributed by atoms with van der Waals surface area (Å²) in [5.74, 6) is 0.642. The third-order valence-corrected chi connectivity index (χ3v) is 4.54. The second-order valence-electron chi connectivity index (χ2n) is 4.31. The van der Waals surface area contributed by atoms with Gasteiger partial charge in [0.05, 0.1) is 17.6 Å². The highest BCUT2D eigenvalue weighted by Gasteiger charge is 2.13. The van der Waals surface area contributed by atoms with Gasteiger partial charge in [-0.05, 0) is 34.0 Å². The third kappa shape index (κ3) is 3.77. The second-order valence-corrected chi connectivity index (χ2v) is 6.17. The van der Waals surface area contributed by atoms with Crippen molar-refractivity contribution in [1.82, 2.24) is 20.2 Å². The van der Waals surface area contributed by atoms with E-state index >= 15 is 0 Å². The molecule has 0 radical (unpaired) electrons. The molecule has 8 nitrogen and oxygen atoms in total. The normalized spacial score (nSPS) is 10.4. The van der Waals surface area contributed by atoms with Crippen molar-refractivity contribution < 1.29 is 9.21 Å². The van der Waals surface area contributed by atoms with Gasteiger partial charge in [-0.1, -0.05) is 11.8 Å². The fourth-order valence-corrected chi connectivity index (χ4v) is 3.17. The monoisotopic (exact) mass is 346 g/mol. The number of tetrazole rings is 1. The van der Waals surface area contributed by atoms with Gasteiger partial charge >= 0.3 is 0 Å². The van der Waals surface area contributed by atoms with E-state index in [-0.39, 0.29) is 11.7 Å².